The van der Waals surface area contributed by atoms with Crippen molar-refractivity contribution in [3.63, 3.8) is 0 Å². The number of fused-ring (bicyclic) bond motifs is 11. The summed E-state index contributed by atoms with van der Waals surface area (Å²) < 4.78 is 29.3. The van der Waals surface area contributed by atoms with Crippen LogP contribution >= 0.6 is 0 Å². The van der Waals surface area contributed by atoms with Gasteiger partial charge in [-0.15, -0.1) is 0 Å². The van der Waals surface area contributed by atoms with Crippen molar-refractivity contribution >= 4 is 52.9 Å². The summed E-state index contributed by atoms with van der Waals surface area (Å²) in [5, 5.41) is 8.03. The molecule has 0 unspecified atom stereocenters. The highest BCUT2D eigenvalue weighted by Crippen LogP contribution is 2.51. The van der Waals surface area contributed by atoms with Gasteiger partial charge in [-0.3, -0.25) is 0 Å². The van der Waals surface area contributed by atoms with Crippen LogP contribution in [0.5, 0.6) is 0 Å². The fourth-order valence-electron chi connectivity index (χ4n) is 7.42. The van der Waals surface area contributed by atoms with Crippen LogP contribution in [0.1, 0.15) is 0 Å². The first-order valence-electron chi connectivity index (χ1n) is 16.1. The van der Waals surface area contributed by atoms with Crippen molar-refractivity contribution in [1.82, 2.24) is 15.0 Å². The van der Waals surface area contributed by atoms with Crippen molar-refractivity contribution in [2.45, 2.75) is 9.79 Å². The van der Waals surface area contributed by atoms with Gasteiger partial charge < -0.3 is 0 Å². The Balaban J connectivity index is 1.28. The van der Waals surface area contributed by atoms with Crippen molar-refractivity contribution in [3.8, 4) is 45.3 Å². The molecule has 0 N–H and O–H groups in total. The van der Waals surface area contributed by atoms with Crippen molar-refractivity contribution in [2.24, 2.45) is 0 Å². The summed E-state index contributed by atoms with van der Waals surface area (Å²) in [7, 11) is -3.90. The standard InChI is InChI=1S/C43H25N3O2S/c47-49(48)38-24-35-31-20-10-8-18-29(31)28-17-7-9-19-30(28)34(35)23-37(38)40-33-22-12-11-21-32(33)36(25-39(40)49)43-45-41(26-13-3-1-4-14-26)44-42(46-43)27-15-5-2-6-16-27/h1-25H. The lowest BCUT2D eigenvalue weighted by atomic mass is 9.90. The molecule has 8 aromatic carbocycles. The third-order valence-electron chi connectivity index (χ3n) is 9.64. The second kappa shape index (κ2) is 10.4. The normalized spacial score (nSPS) is 13.2. The molecule has 1 aromatic heterocycles. The van der Waals surface area contributed by atoms with E-state index in [9.17, 15) is 8.42 Å². The molecule has 0 fully saturated rings. The van der Waals surface area contributed by atoms with Gasteiger partial charge in [0.15, 0.2) is 17.5 Å². The van der Waals surface area contributed by atoms with Gasteiger partial charge in [0, 0.05) is 27.8 Å². The Morgan fingerprint density at radius 2 is 0.776 bits per heavy atom. The highest BCUT2D eigenvalue weighted by Gasteiger charge is 2.36. The molecule has 0 radical (unpaired) electrons. The Bertz CT molecular complexity index is 2890. The Morgan fingerprint density at radius 1 is 0.347 bits per heavy atom. The summed E-state index contributed by atoms with van der Waals surface area (Å²) in [6, 6.07) is 49.8. The predicted molar refractivity (Wildman–Crippen MR) is 197 cm³/mol. The summed E-state index contributed by atoms with van der Waals surface area (Å²) in [5.74, 6) is 1.45. The van der Waals surface area contributed by atoms with E-state index >= 15 is 0 Å². The number of rotatable bonds is 3. The van der Waals surface area contributed by atoms with E-state index in [0.29, 0.717) is 33.5 Å². The second-order valence-corrected chi connectivity index (χ2v) is 14.3. The van der Waals surface area contributed by atoms with Gasteiger partial charge in [-0.25, -0.2) is 23.4 Å². The lowest BCUT2D eigenvalue weighted by Crippen LogP contribution is -2.02. The van der Waals surface area contributed by atoms with Gasteiger partial charge in [0.25, 0.3) is 0 Å². The fraction of sp³-hybridized carbons (Fsp3) is 0. The maximum absolute atomic E-state index is 14.7. The van der Waals surface area contributed by atoms with Crippen LogP contribution < -0.4 is 0 Å². The number of benzene rings is 8. The number of aromatic nitrogens is 3. The molecule has 5 nitrogen and oxygen atoms in total. The van der Waals surface area contributed by atoms with Gasteiger partial charge in [-0.1, -0.05) is 133 Å². The van der Waals surface area contributed by atoms with E-state index in [4.69, 9.17) is 15.0 Å². The number of hydrogen-bond donors (Lipinski definition) is 0. The first-order chi connectivity index (χ1) is 24.1. The zero-order valence-corrected chi connectivity index (χ0v) is 26.8. The van der Waals surface area contributed by atoms with E-state index in [0.717, 1.165) is 59.8 Å². The highest BCUT2D eigenvalue weighted by atomic mass is 32.2. The average Bonchev–Trinajstić information content (AvgIpc) is 3.39. The van der Waals surface area contributed by atoms with E-state index in [1.807, 2.05) is 109 Å². The smallest absolute Gasteiger partial charge is 0.207 e. The van der Waals surface area contributed by atoms with Gasteiger partial charge in [0.2, 0.25) is 9.84 Å². The summed E-state index contributed by atoms with van der Waals surface area (Å²) in [6.45, 7) is 0. The third-order valence-corrected chi connectivity index (χ3v) is 11.5. The minimum absolute atomic E-state index is 0.267. The molecule has 0 atom stereocenters. The van der Waals surface area contributed by atoms with Crippen LogP contribution in [0.15, 0.2) is 161 Å². The SMILES string of the molecule is O=S1(=O)c2cc3c4ccccc4c4ccccc4c3cc2-c2c1cc(-c1nc(-c3ccccc3)nc(-c3ccccc3)n1)c1ccccc21. The van der Waals surface area contributed by atoms with Crippen molar-refractivity contribution in [2.75, 3.05) is 0 Å². The molecule has 10 rings (SSSR count). The molecular formula is C43H25N3O2S. The maximum atomic E-state index is 14.7. The molecule has 0 spiro atoms. The minimum atomic E-state index is -3.90. The van der Waals surface area contributed by atoms with Crippen molar-refractivity contribution < 1.29 is 8.42 Å². The molecule has 49 heavy (non-hydrogen) atoms. The lowest BCUT2D eigenvalue weighted by molar-refractivity contribution is 0.599. The molecule has 1 aliphatic rings. The van der Waals surface area contributed by atoms with Crippen LogP contribution in [0.25, 0.3) is 88.4 Å². The number of nitrogens with zero attached hydrogens (tertiary/aromatic N) is 3. The summed E-state index contributed by atoms with van der Waals surface area (Å²) in [5.41, 5.74) is 3.77. The van der Waals surface area contributed by atoms with Gasteiger partial charge >= 0.3 is 0 Å². The van der Waals surface area contributed by atoms with E-state index in [1.54, 1.807) is 6.07 Å². The van der Waals surface area contributed by atoms with Crippen LogP contribution in [-0.2, 0) is 9.84 Å². The van der Waals surface area contributed by atoms with Crippen LogP contribution in [0.4, 0.5) is 0 Å². The number of hydrogen-bond acceptors (Lipinski definition) is 5. The first-order valence-corrected chi connectivity index (χ1v) is 17.6. The van der Waals surface area contributed by atoms with Crippen LogP contribution in [-0.4, -0.2) is 23.4 Å². The zero-order chi connectivity index (χ0) is 32.7. The van der Waals surface area contributed by atoms with Crippen LogP contribution in [0.3, 0.4) is 0 Å². The molecule has 230 valence electrons. The zero-order valence-electron chi connectivity index (χ0n) is 26.0. The fourth-order valence-corrected chi connectivity index (χ4v) is 9.14. The molecule has 1 aliphatic heterocycles. The van der Waals surface area contributed by atoms with Crippen molar-refractivity contribution in [3.05, 3.63) is 152 Å². The summed E-state index contributed by atoms with van der Waals surface area (Å²) in [4.78, 5) is 15.4. The quantitative estimate of drug-likeness (QED) is 0.179. The van der Waals surface area contributed by atoms with E-state index in [1.165, 1.54) is 0 Å². The predicted octanol–water partition coefficient (Wildman–Crippen LogP) is 10.3. The Hall–Kier alpha value is -6.24. The minimum Gasteiger partial charge on any atom is -0.218 e. The molecule has 0 aliphatic carbocycles. The van der Waals surface area contributed by atoms with Crippen LogP contribution in [0.2, 0.25) is 0 Å². The average molecular weight is 648 g/mol. The number of sulfone groups is 1. The Morgan fingerprint density at radius 3 is 1.33 bits per heavy atom. The molecule has 6 heteroatoms. The third kappa shape index (κ3) is 4.11. The summed E-state index contributed by atoms with van der Waals surface area (Å²) >= 11 is 0. The molecular weight excluding hydrogens is 623 g/mol. The molecule has 2 heterocycles. The largest absolute Gasteiger partial charge is 0.218 e. The van der Waals surface area contributed by atoms with Crippen LogP contribution in [0, 0.1) is 0 Å². The van der Waals surface area contributed by atoms with E-state index < -0.39 is 9.84 Å². The Labute approximate surface area is 282 Å². The molecule has 0 saturated carbocycles. The highest BCUT2D eigenvalue weighted by molar-refractivity contribution is 7.92. The molecule has 0 amide bonds. The van der Waals surface area contributed by atoms with Gasteiger partial charge in [0.05, 0.1) is 9.79 Å². The topological polar surface area (TPSA) is 72.8 Å². The van der Waals surface area contributed by atoms with E-state index in [-0.39, 0.29) is 4.90 Å². The molecule has 0 saturated heterocycles. The summed E-state index contributed by atoms with van der Waals surface area (Å²) in [6.07, 6.45) is 0. The lowest BCUT2D eigenvalue weighted by Gasteiger charge is -2.14. The molecule has 0 bridgehead atoms. The second-order valence-electron chi connectivity index (χ2n) is 12.4. The maximum Gasteiger partial charge on any atom is 0.207 e. The first kappa shape index (κ1) is 27.8. The van der Waals surface area contributed by atoms with Gasteiger partial charge in [0.1, 0.15) is 0 Å². The Kier molecular flexibility index (Phi) is 5.90. The van der Waals surface area contributed by atoms with Gasteiger partial charge in [-0.05, 0) is 61.3 Å². The van der Waals surface area contributed by atoms with E-state index in [2.05, 4.69) is 36.4 Å². The molecule has 9 aromatic rings. The monoisotopic (exact) mass is 647 g/mol. The van der Waals surface area contributed by atoms with Crippen molar-refractivity contribution in [1.29, 1.82) is 0 Å². The van der Waals surface area contributed by atoms with Gasteiger partial charge in [-0.2, -0.15) is 0 Å².